The lowest BCUT2D eigenvalue weighted by molar-refractivity contribution is -0.136. The Bertz CT molecular complexity index is 1210. The third kappa shape index (κ3) is 2.90. The number of alkyl halides is 3. The molecule has 0 spiro atoms. The van der Waals surface area contributed by atoms with Gasteiger partial charge in [-0.15, -0.1) is 0 Å². The molecule has 1 heterocycles. The van der Waals surface area contributed by atoms with E-state index in [0.29, 0.717) is 33.3 Å². The normalized spacial score (nSPS) is 11.7. The van der Waals surface area contributed by atoms with Crippen molar-refractivity contribution in [1.82, 2.24) is 0 Å². The number of fused-ring (bicyclic) bond motifs is 3. The van der Waals surface area contributed by atoms with Gasteiger partial charge in [-0.05, 0) is 24.3 Å². The van der Waals surface area contributed by atoms with Gasteiger partial charge in [0.2, 0.25) is 0 Å². The fraction of sp³-hybridized carbons (Fsp3) is 0.0500. The molecule has 0 fully saturated rings. The fourth-order valence-corrected chi connectivity index (χ4v) is 3.85. The van der Waals surface area contributed by atoms with Crippen molar-refractivity contribution in [3.8, 4) is 6.07 Å². The number of benzene rings is 3. The van der Waals surface area contributed by atoms with E-state index in [1.54, 1.807) is 51.6 Å². The van der Waals surface area contributed by atoms with Gasteiger partial charge in [0.15, 0.2) is 5.58 Å². The first-order valence-electron chi connectivity index (χ1n) is 7.88. The molecule has 0 unspecified atom stereocenters. The van der Waals surface area contributed by atoms with Gasteiger partial charge < -0.3 is 4.42 Å². The van der Waals surface area contributed by atoms with E-state index in [1.807, 2.05) is 22.9 Å². The molecule has 0 atom stereocenters. The minimum atomic E-state index is -4.51. The van der Waals surface area contributed by atoms with Gasteiger partial charge in [0.1, 0.15) is 11.7 Å². The van der Waals surface area contributed by atoms with E-state index in [9.17, 15) is 18.4 Å². The predicted octanol–water partition coefficient (Wildman–Crippen LogP) is 6.96. The van der Waals surface area contributed by atoms with Gasteiger partial charge in [0, 0.05) is 10.8 Å². The Kier molecular flexibility index (Phi) is 4.23. The fourth-order valence-electron chi connectivity index (χ4n) is 3.05. The summed E-state index contributed by atoms with van der Waals surface area (Å²) in [5.74, 6) is 0. The average molecular weight is 478 g/mol. The Hall–Kier alpha value is -2.73. The summed E-state index contributed by atoms with van der Waals surface area (Å²) in [5, 5.41) is 10.3. The molecule has 4 rings (SSSR count). The molecule has 7 heteroatoms. The zero-order chi connectivity index (χ0) is 19.2. The standard InChI is InChI=1S/C20H10F3IN2O/c21-20(22,23)15-8-3-6-13-14-7-4-10-17(19(14)27-18(13)15)26(24)16-9-2-1-5-12(16)11-25/h1-10H. The summed E-state index contributed by atoms with van der Waals surface area (Å²) in [5.41, 5.74) is 0.998. The lowest BCUT2D eigenvalue weighted by Gasteiger charge is -2.18. The molecule has 0 aliphatic rings. The van der Waals surface area contributed by atoms with E-state index in [0.717, 1.165) is 6.07 Å². The molecule has 134 valence electrons. The minimum Gasteiger partial charge on any atom is -0.453 e. The highest BCUT2D eigenvalue weighted by molar-refractivity contribution is 14.1. The molecule has 0 saturated carbocycles. The summed E-state index contributed by atoms with van der Waals surface area (Å²) < 4.78 is 47.5. The third-order valence-corrected chi connectivity index (χ3v) is 5.30. The van der Waals surface area contributed by atoms with E-state index in [1.165, 1.54) is 6.07 Å². The second-order valence-electron chi connectivity index (χ2n) is 5.85. The molecule has 0 saturated heterocycles. The van der Waals surface area contributed by atoms with Crippen LogP contribution in [0.1, 0.15) is 11.1 Å². The topological polar surface area (TPSA) is 40.2 Å². The van der Waals surface area contributed by atoms with Crippen molar-refractivity contribution in [1.29, 1.82) is 5.26 Å². The second-order valence-corrected chi connectivity index (χ2v) is 6.81. The number of furan rings is 1. The number of hydrogen-bond acceptors (Lipinski definition) is 3. The van der Waals surface area contributed by atoms with Crippen LogP contribution in [0.5, 0.6) is 0 Å². The average Bonchev–Trinajstić information content (AvgIpc) is 3.05. The predicted molar refractivity (Wildman–Crippen MR) is 106 cm³/mol. The van der Waals surface area contributed by atoms with Gasteiger partial charge in [-0.25, -0.2) is 0 Å². The Morgan fingerprint density at radius 3 is 2.19 bits per heavy atom. The molecule has 27 heavy (non-hydrogen) atoms. The van der Waals surface area contributed by atoms with Crippen molar-refractivity contribution in [3.05, 3.63) is 71.8 Å². The molecule has 3 nitrogen and oxygen atoms in total. The highest BCUT2D eigenvalue weighted by atomic mass is 127. The molecule has 0 aliphatic heterocycles. The zero-order valence-corrected chi connectivity index (χ0v) is 15.7. The van der Waals surface area contributed by atoms with Crippen LogP contribution < -0.4 is 3.11 Å². The van der Waals surface area contributed by atoms with Crippen molar-refractivity contribution in [2.45, 2.75) is 6.18 Å². The Labute approximate surface area is 166 Å². The number of nitrogens with zero attached hydrogens (tertiary/aromatic N) is 2. The van der Waals surface area contributed by atoms with Crippen LogP contribution in [-0.4, -0.2) is 0 Å². The van der Waals surface area contributed by atoms with Crippen molar-refractivity contribution in [3.63, 3.8) is 0 Å². The number of nitriles is 1. The van der Waals surface area contributed by atoms with E-state index in [-0.39, 0.29) is 5.58 Å². The molecular weight excluding hydrogens is 468 g/mol. The minimum absolute atomic E-state index is 0.189. The summed E-state index contributed by atoms with van der Waals surface area (Å²) in [6.07, 6.45) is -4.51. The van der Waals surface area contributed by atoms with E-state index in [4.69, 9.17) is 4.42 Å². The number of hydrogen-bond donors (Lipinski definition) is 0. The third-order valence-electron chi connectivity index (χ3n) is 4.26. The highest BCUT2D eigenvalue weighted by Crippen LogP contribution is 2.43. The first kappa shape index (κ1) is 17.7. The molecule has 1 aromatic heterocycles. The first-order chi connectivity index (χ1) is 12.9. The van der Waals surface area contributed by atoms with Gasteiger partial charge in [-0.1, -0.05) is 36.4 Å². The van der Waals surface area contributed by atoms with Crippen molar-refractivity contribution < 1.29 is 17.6 Å². The van der Waals surface area contributed by atoms with Crippen LogP contribution in [0.3, 0.4) is 0 Å². The number of rotatable bonds is 2. The molecule has 4 aromatic rings. The number of anilines is 2. The Morgan fingerprint density at radius 2 is 1.48 bits per heavy atom. The molecule has 3 aromatic carbocycles. The zero-order valence-electron chi connectivity index (χ0n) is 13.6. The van der Waals surface area contributed by atoms with Crippen LogP contribution in [0.2, 0.25) is 0 Å². The highest BCUT2D eigenvalue weighted by Gasteiger charge is 2.34. The summed E-state index contributed by atoms with van der Waals surface area (Å²) in [4.78, 5) is 0. The van der Waals surface area contributed by atoms with Gasteiger partial charge in [0.25, 0.3) is 0 Å². The lowest BCUT2D eigenvalue weighted by Crippen LogP contribution is -2.04. The Balaban J connectivity index is 1.99. The van der Waals surface area contributed by atoms with Gasteiger partial charge >= 0.3 is 6.18 Å². The molecular formula is C20H10F3IN2O. The molecule has 0 aliphatic carbocycles. The SMILES string of the molecule is N#Cc1ccccc1N(I)c1cccc2c1oc1c(C(F)(F)F)cccc12. The van der Waals surface area contributed by atoms with Crippen molar-refractivity contribution in [2.24, 2.45) is 0 Å². The van der Waals surface area contributed by atoms with E-state index < -0.39 is 11.7 Å². The summed E-state index contributed by atoms with van der Waals surface area (Å²) >= 11 is 2.02. The monoisotopic (exact) mass is 478 g/mol. The van der Waals surface area contributed by atoms with Crippen molar-refractivity contribution >= 4 is 56.2 Å². The Morgan fingerprint density at radius 1 is 0.852 bits per heavy atom. The lowest BCUT2D eigenvalue weighted by atomic mass is 10.1. The van der Waals surface area contributed by atoms with Crippen LogP contribution >= 0.6 is 22.9 Å². The molecule has 0 radical (unpaired) electrons. The van der Waals surface area contributed by atoms with E-state index in [2.05, 4.69) is 6.07 Å². The van der Waals surface area contributed by atoms with Crippen LogP contribution in [0.4, 0.5) is 24.5 Å². The maximum atomic E-state index is 13.4. The maximum absolute atomic E-state index is 13.4. The maximum Gasteiger partial charge on any atom is 0.420 e. The quantitative estimate of drug-likeness (QED) is 0.231. The van der Waals surface area contributed by atoms with Gasteiger partial charge in [-0.2, -0.15) is 18.4 Å². The summed E-state index contributed by atoms with van der Waals surface area (Å²) in [6, 6.07) is 18.4. The van der Waals surface area contributed by atoms with Crippen LogP contribution in [0, 0.1) is 11.3 Å². The van der Waals surface area contributed by atoms with Gasteiger partial charge in [-0.3, -0.25) is 3.11 Å². The van der Waals surface area contributed by atoms with Gasteiger partial charge in [0.05, 0.1) is 45.4 Å². The summed E-state index contributed by atoms with van der Waals surface area (Å²) in [6.45, 7) is 0. The first-order valence-corrected chi connectivity index (χ1v) is 8.85. The number of halogens is 4. The summed E-state index contributed by atoms with van der Waals surface area (Å²) in [7, 11) is 0. The van der Waals surface area contributed by atoms with E-state index >= 15 is 0 Å². The molecule has 0 bridgehead atoms. The van der Waals surface area contributed by atoms with Crippen molar-refractivity contribution in [2.75, 3.05) is 3.11 Å². The largest absolute Gasteiger partial charge is 0.453 e. The van der Waals surface area contributed by atoms with Crippen LogP contribution in [0.25, 0.3) is 21.9 Å². The second kappa shape index (κ2) is 6.46. The molecule has 0 N–H and O–H groups in total. The number of para-hydroxylation sites is 3. The van der Waals surface area contributed by atoms with Crippen LogP contribution in [0.15, 0.2) is 65.1 Å². The smallest absolute Gasteiger partial charge is 0.420 e. The molecule has 0 amide bonds. The van der Waals surface area contributed by atoms with Crippen LogP contribution in [-0.2, 0) is 6.18 Å².